The molecular weight excluding hydrogens is 258 g/mol. The molecule has 0 heterocycles. The van der Waals surface area contributed by atoms with Crippen molar-refractivity contribution < 1.29 is 4.74 Å². The van der Waals surface area contributed by atoms with E-state index >= 15 is 0 Å². The lowest BCUT2D eigenvalue weighted by atomic mass is 10.2. The normalized spacial score (nSPS) is 12.0. The van der Waals surface area contributed by atoms with Crippen LogP contribution in [0.5, 0.6) is 5.75 Å². The van der Waals surface area contributed by atoms with Gasteiger partial charge in [-0.05, 0) is 62.6 Å². The summed E-state index contributed by atoms with van der Waals surface area (Å²) in [5.74, 6) is 0.922. The zero-order chi connectivity index (χ0) is 15.2. The second-order valence-corrected chi connectivity index (χ2v) is 5.34. The van der Waals surface area contributed by atoms with E-state index in [0.717, 1.165) is 18.7 Å². The fourth-order valence-electron chi connectivity index (χ4n) is 2.52. The highest BCUT2D eigenvalue weighted by molar-refractivity contribution is 5.49. The fourth-order valence-corrected chi connectivity index (χ4v) is 2.52. The van der Waals surface area contributed by atoms with Gasteiger partial charge in [0.05, 0.1) is 0 Å². The van der Waals surface area contributed by atoms with E-state index in [0.29, 0.717) is 0 Å². The van der Waals surface area contributed by atoms with Gasteiger partial charge in [0.2, 0.25) is 0 Å². The molecule has 1 unspecified atom stereocenters. The Morgan fingerprint density at radius 3 is 2.33 bits per heavy atom. The van der Waals surface area contributed by atoms with Crippen LogP contribution >= 0.6 is 0 Å². The van der Waals surface area contributed by atoms with Gasteiger partial charge in [0.25, 0.3) is 0 Å². The van der Waals surface area contributed by atoms with Crippen LogP contribution in [0.25, 0.3) is 0 Å². The van der Waals surface area contributed by atoms with Gasteiger partial charge in [-0.2, -0.15) is 0 Å². The van der Waals surface area contributed by atoms with Crippen molar-refractivity contribution in [2.45, 2.75) is 40.3 Å². The van der Waals surface area contributed by atoms with Crippen molar-refractivity contribution in [3.8, 4) is 5.75 Å². The Hall–Kier alpha value is -1.96. The second kappa shape index (κ2) is 7.16. The summed E-state index contributed by atoms with van der Waals surface area (Å²) in [4.78, 5) is 2.26. The Bertz CT molecular complexity index is 562. The highest BCUT2D eigenvalue weighted by Crippen LogP contribution is 2.21. The first-order valence-corrected chi connectivity index (χ1v) is 7.73. The maximum absolute atomic E-state index is 6.09. The molecule has 0 bridgehead atoms. The van der Waals surface area contributed by atoms with Crippen LogP contribution in [0.3, 0.4) is 0 Å². The molecule has 0 aromatic heterocycles. The van der Waals surface area contributed by atoms with E-state index in [4.69, 9.17) is 4.74 Å². The molecule has 2 nitrogen and oxygen atoms in total. The van der Waals surface area contributed by atoms with Crippen LogP contribution in [0.4, 0.5) is 5.69 Å². The van der Waals surface area contributed by atoms with Crippen LogP contribution in [0.2, 0.25) is 0 Å². The number of ether oxygens (including phenoxy) is 1. The van der Waals surface area contributed by atoms with E-state index in [1.54, 1.807) is 0 Å². The quantitative estimate of drug-likeness (QED) is 0.705. The van der Waals surface area contributed by atoms with Crippen LogP contribution in [-0.4, -0.2) is 12.8 Å². The summed E-state index contributed by atoms with van der Waals surface area (Å²) in [5, 5.41) is 0. The lowest BCUT2D eigenvalue weighted by Gasteiger charge is -2.30. The van der Waals surface area contributed by atoms with Crippen molar-refractivity contribution in [2.24, 2.45) is 0 Å². The number of nitrogens with zero attached hydrogens (tertiary/aromatic N) is 1. The minimum absolute atomic E-state index is 0.00396. The molecule has 2 rings (SSSR count). The Labute approximate surface area is 128 Å². The summed E-state index contributed by atoms with van der Waals surface area (Å²) in [6.07, 6.45) is 1.06. The van der Waals surface area contributed by atoms with Crippen molar-refractivity contribution >= 4 is 5.69 Å². The van der Waals surface area contributed by atoms with E-state index in [1.165, 1.54) is 16.8 Å². The summed E-state index contributed by atoms with van der Waals surface area (Å²) in [6.45, 7) is 9.45. The zero-order valence-corrected chi connectivity index (χ0v) is 13.5. The summed E-state index contributed by atoms with van der Waals surface area (Å²) >= 11 is 0. The summed E-state index contributed by atoms with van der Waals surface area (Å²) in [7, 11) is 0. The van der Waals surface area contributed by atoms with Gasteiger partial charge in [-0.1, -0.05) is 31.2 Å². The Balaban J connectivity index is 2.10. The topological polar surface area (TPSA) is 12.5 Å². The second-order valence-electron chi connectivity index (χ2n) is 5.34. The van der Waals surface area contributed by atoms with E-state index in [1.807, 2.05) is 0 Å². The molecule has 0 N–H and O–H groups in total. The number of hydrogen-bond acceptors (Lipinski definition) is 2. The average Bonchev–Trinajstić information content (AvgIpc) is 2.49. The zero-order valence-electron chi connectivity index (χ0n) is 13.5. The van der Waals surface area contributed by atoms with Crippen molar-refractivity contribution in [1.82, 2.24) is 0 Å². The molecule has 21 heavy (non-hydrogen) atoms. The van der Waals surface area contributed by atoms with E-state index in [-0.39, 0.29) is 6.23 Å². The van der Waals surface area contributed by atoms with Crippen molar-refractivity contribution in [3.63, 3.8) is 0 Å². The van der Waals surface area contributed by atoms with Gasteiger partial charge in [0.1, 0.15) is 5.75 Å². The smallest absolute Gasteiger partial charge is 0.169 e. The molecule has 0 saturated heterocycles. The van der Waals surface area contributed by atoms with Crippen molar-refractivity contribution in [2.75, 3.05) is 11.4 Å². The number of rotatable bonds is 6. The molecule has 0 aliphatic rings. The van der Waals surface area contributed by atoms with E-state index in [2.05, 4.69) is 81.1 Å². The first-order chi connectivity index (χ1) is 10.1. The van der Waals surface area contributed by atoms with Gasteiger partial charge in [0, 0.05) is 12.2 Å². The van der Waals surface area contributed by atoms with Gasteiger partial charge in [-0.15, -0.1) is 0 Å². The van der Waals surface area contributed by atoms with E-state index in [9.17, 15) is 0 Å². The van der Waals surface area contributed by atoms with Gasteiger partial charge >= 0.3 is 0 Å². The molecule has 112 valence electrons. The average molecular weight is 283 g/mol. The van der Waals surface area contributed by atoms with Gasteiger partial charge in [-0.25, -0.2) is 0 Å². The molecule has 0 spiro atoms. The standard InChI is InChI=1S/C19H25NO/c1-5-17-10-12-19(13-11-17)21-16(4)20(6-2)18-9-7-8-15(3)14-18/h7-14,16H,5-6H2,1-4H3. The van der Waals surface area contributed by atoms with Crippen LogP contribution in [-0.2, 0) is 6.42 Å². The monoisotopic (exact) mass is 283 g/mol. The minimum atomic E-state index is 0.00396. The number of benzene rings is 2. The summed E-state index contributed by atoms with van der Waals surface area (Å²) < 4.78 is 6.09. The molecule has 2 heteroatoms. The first kappa shape index (κ1) is 15.4. The number of anilines is 1. The molecule has 1 atom stereocenters. The highest BCUT2D eigenvalue weighted by Gasteiger charge is 2.14. The van der Waals surface area contributed by atoms with Crippen LogP contribution < -0.4 is 9.64 Å². The van der Waals surface area contributed by atoms with Gasteiger partial charge in [-0.3, -0.25) is 0 Å². The third kappa shape index (κ3) is 4.01. The lowest BCUT2D eigenvalue weighted by molar-refractivity contribution is 0.216. The molecule has 0 saturated carbocycles. The van der Waals surface area contributed by atoms with E-state index < -0.39 is 0 Å². The molecule has 0 aliphatic heterocycles. The molecular formula is C19H25NO. The maximum atomic E-state index is 6.09. The highest BCUT2D eigenvalue weighted by atomic mass is 16.5. The predicted octanol–water partition coefficient (Wildman–Crippen LogP) is 4.81. The third-order valence-corrected chi connectivity index (χ3v) is 3.75. The van der Waals surface area contributed by atoms with Crippen molar-refractivity contribution in [1.29, 1.82) is 0 Å². The number of hydrogen-bond donors (Lipinski definition) is 0. The lowest BCUT2D eigenvalue weighted by Crippen LogP contribution is -2.37. The molecule has 2 aromatic carbocycles. The Morgan fingerprint density at radius 1 is 1.05 bits per heavy atom. The third-order valence-electron chi connectivity index (χ3n) is 3.75. The number of aryl methyl sites for hydroxylation is 2. The van der Waals surface area contributed by atoms with Crippen molar-refractivity contribution in [3.05, 3.63) is 59.7 Å². The Morgan fingerprint density at radius 2 is 1.76 bits per heavy atom. The van der Waals surface area contributed by atoms with Crippen LogP contribution in [0.15, 0.2) is 48.5 Å². The largest absolute Gasteiger partial charge is 0.471 e. The maximum Gasteiger partial charge on any atom is 0.169 e. The molecule has 0 fully saturated rings. The SMILES string of the molecule is CCc1ccc(OC(C)N(CC)c2cccc(C)c2)cc1. The molecule has 2 aromatic rings. The molecule has 0 amide bonds. The van der Waals surface area contributed by atoms with Gasteiger partial charge < -0.3 is 9.64 Å². The Kier molecular flexibility index (Phi) is 5.26. The molecule has 0 radical (unpaired) electrons. The van der Waals surface area contributed by atoms with Crippen LogP contribution in [0, 0.1) is 6.92 Å². The minimum Gasteiger partial charge on any atom is -0.471 e. The first-order valence-electron chi connectivity index (χ1n) is 7.73. The predicted molar refractivity (Wildman–Crippen MR) is 90.1 cm³/mol. The summed E-state index contributed by atoms with van der Waals surface area (Å²) in [5.41, 5.74) is 3.81. The van der Waals surface area contributed by atoms with Crippen LogP contribution in [0.1, 0.15) is 31.9 Å². The molecule has 0 aliphatic carbocycles. The fraction of sp³-hybridized carbons (Fsp3) is 0.368. The summed E-state index contributed by atoms with van der Waals surface area (Å²) in [6, 6.07) is 16.9. The van der Waals surface area contributed by atoms with Gasteiger partial charge in [0.15, 0.2) is 6.23 Å².